The van der Waals surface area contributed by atoms with Gasteiger partial charge in [-0.1, -0.05) is 36.7 Å². The number of rotatable bonds is 2. The largest absolute Gasteiger partial charge is 0.307 e. The van der Waals surface area contributed by atoms with E-state index < -0.39 is 0 Å². The van der Waals surface area contributed by atoms with Crippen LogP contribution in [0.4, 0.5) is 0 Å². The van der Waals surface area contributed by atoms with E-state index in [4.69, 9.17) is 11.6 Å². The van der Waals surface area contributed by atoms with Gasteiger partial charge in [-0.2, -0.15) is 0 Å². The molecule has 1 aromatic carbocycles. The molecule has 1 aliphatic rings. The molecule has 1 heterocycles. The van der Waals surface area contributed by atoms with Crippen LogP contribution < -0.4 is 5.32 Å². The molecule has 1 fully saturated rings. The molecular weight excluding hydrogens is 194 g/mol. The van der Waals surface area contributed by atoms with Gasteiger partial charge < -0.3 is 5.32 Å². The lowest BCUT2D eigenvalue weighted by atomic mass is 9.86. The molecule has 1 aliphatic heterocycles. The number of hydrogen-bond donors (Lipinski definition) is 1. The molecule has 0 amide bonds. The number of hydrogen-bond acceptors (Lipinski definition) is 1. The fourth-order valence-electron chi connectivity index (χ4n) is 2.38. The molecule has 0 aliphatic carbocycles. The second kappa shape index (κ2) is 3.92. The molecule has 2 heteroatoms. The van der Waals surface area contributed by atoms with E-state index in [0.29, 0.717) is 0 Å². The lowest BCUT2D eigenvalue weighted by Crippen LogP contribution is -2.36. The predicted molar refractivity (Wildman–Crippen MR) is 60.7 cm³/mol. The summed E-state index contributed by atoms with van der Waals surface area (Å²) >= 11 is 6.23. The van der Waals surface area contributed by atoms with Crippen LogP contribution in [0.5, 0.6) is 0 Å². The molecule has 1 saturated heterocycles. The molecule has 2 rings (SSSR count). The summed E-state index contributed by atoms with van der Waals surface area (Å²) in [6.07, 6.45) is 3.56. The lowest BCUT2D eigenvalue weighted by molar-refractivity contribution is 0.376. The van der Waals surface area contributed by atoms with Crippen molar-refractivity contribution >= 4 is 11.6 Å². The monoisotopic (exact) mass is 209 g/mol. The van der Waals surface area contributed by atoms with Crippen LogP contribution in [0.1, 0.15) is 31.7 Å². The van der Waals surface area contributed by atoms with Gasteiger partial charge in [-0.05, 0) is 37.4 Å². The molecule has 1 aromatic rings. The van der Waals surface area contributed by atoms with E-state index in [1.165, 1.54) is 18.4 Å². The highest BCUT2D eigenvalue weighted by atomic mass is 35.5. The molecule has 0 bridgehead atoms. The van der Waals surface area contributed by atoms with E-state index in [9.17, 15) is 0 Å². The highest BCUT2D eigenvalue weighted by molar-refractivity contribution is 6.31. The highest BCUT2D eigenvalue weighted by Crippen LogP contribution is 2.37. The molecule has 1 N–H and O–H groups in total. The Labute approximate surface area is 90.5 Å². The quantitative estimate of drug-likeness (QED) is 0.788. The van der Waals surface area contributed by atoms with Gasteiger partial charge in [0.1, 0.15) is 0 Å². The SMILES string of the molecule is CCC1(c2ccccc2Cl)CCCN1. The first-order chi connectivity index (χ1) is 6.78. The summed E-state index contributed by atoms with van der Waals surface area (Å²) in [5.74, 6) is 0. The maximum atomic E-state index is 6.23. The first-order valence-electron chi connectivity index (χ1n) is 5.28. The number of nitrogens with one attached hydrogen (secondary N) is 1. The van der Waals surface area contributed by atoms with E-state index in [-0.39, 0.29) is 5.54 Å². The van der Waals surface area contributed by atoms with Crippen molar-refractivity contribution in [3.63, 3.8) is 0 Å². The number of benzene rings is 1. The summed E-state index contributed by atoms with van der Waals surface area (Å²) in [6.45, 7) is 3.33. The van der Waals surface area contributed by atoms with E-state index in [0.717, 1.165) is 18.0 Å². The molecular formula is C12H16ClN. The molecule has 0 aromatic heterocycles. The summed E-state index contributed by atoms with van der Waals surface area (Å²) in [5.41, 5.74) is 1.40. The van der Waals surface area contributed by atoms with Gasteiger partial charge in [0, 0.05) is 10.6 Å². The Bertz CT molecular complexity index is 316. The fourth-order valence-corrected chi connectivity index (χ4v) is 2.69. The molecule has 0 radical (unpaired) electrons. The van der Waals surface area contributed by atoms with Crippen molar-refractivity contribution in [1.29, 1.82) is 0 Å². The van der Waals surface area contributed by atoms with Crippen LogP contribution in [0.15, 0.2) is 24.3 Å². The Morgan fingerprint density at radius 3 is 2.79 bits per heavy atom. The van der Waals surface area contributed by atoms with E-state index in [1.54, 1.807) is 0 Å². The van der Waals surface area contributed by atoms with E-state index in [1.807, 2.05) is 12.1 Å². The summed E-state index contributed by atoms with van der Waals surface area (Å²) in [6, 6.07) is 8.18. The minimum Gasteiger partial charge on any atom is -0.307 e. The Kier molecular flexibility index (Phi) is 2.80. The van der Waals surface area contributed by atoms with Crippen molar-refractivity contribution in [2.24, 2.45) is 0 Å². The Morgan fingerprint density at radius 1 is 1.43 bits per heavy atom. The highest BCUT2D eigenvalue weighted by Gasteiger charge is 2.34. The van der Waals surface area contributed by atoms with Crippen LogP contribution in [0.2, 0.25) is 5.02 Å². The standard InChI is InChI=1S/C12H16ClN/c1-2-12(8-5-9-14-12)10-6-3-4-7-11(10)13/h3-4,6-7,14H,2,5,8-9H2,1H3. The predicted octanol–water partition coefficient (Wildman–Crippen LogP) is 3.33. The number of halogens is 1. The first kappa shape index (κ1) is 10.0. The van der Waals surface area contributed by atoms with Gasteiger partial charge in [0.15, 0.2) is 0 Å². The first-order valence-corrected chi connectivity index (χ1v) is 5.66. The molecule has 0 saturated carbocycles. The Balaban J connectivity index is 2.41. The maximum absolute atomic E-state index is 6.23. The zero-order chi connectivity index (χ0) is 10.0. The van der Waals surface area contributed by atoms with E-state index >= 15 is 0 Å². The van der Waals surface area contributed by atoms with Crippen LogP contribution in [0.25, 0.3) is 0 Å². The van der Waals surface area contributed by atoms with Gasteiger partial charge in [0.2, 0.25) is 0 Å². The molecule has 76 valence electrons. The van der Waals surface area contributed by atoms with Crippen LogP contribution >= 0.6 is 11.6 Å². The molecule has 0 spiro atoms. The second-order valence-corrected chi connectivity index (χ2v) is 4.35. The third kappa shape index (κ3) is 1.55. The van der Waals surface area contributed by atoms with Crippen molar-refractivity contribution < 1.29 is 0 Å². The third-order valence-electron chi connectivity index (χ3n) is 3.24. The van der Waals surface area contributed by atoms with Crippen molar-refractivity contribution in [3.8, 4) is 0 Å². The average molecular weight is 210 g/mol. The molecule has 1 atom stereocenters. The molecule has 14 heavy (non-hydrogen) atoms. The minimum atomic E-state index is 0.137. The summed E-state index contributed by atoms with van der Waals surface area (Å²) in [5, 5.41) is 4.48. The van der Waals surface area contributed by atoms with Gasteiger partial charge in [0.25, 0.3) is 0 Å². The van der Waals surface area contributed by atoms with Crippen LogP contribution in [0.3, 0.4) is 0 Å². The summed E-state index contributed by atoms with van der Waals surface area (Å²) in [7, 11) is 0. The van der Waals surface area contributed by atoms with Crippen molar-refractivity contribution in [2.75, 3.05) is 6.54 Å². The van der Waals surface area contributed by atoms with E-state index in [2.05, 4.69) is 24.4 Å². The topological polar surface area (TPSA) is 12.0 Å². The lowest BCUT2D eigenvalue weighted by Gasteiger charge is -2.29. The maximum Gasteiger partial charge on any atom is 0.0456 e. The van der Waals surface area contributed by atoms with Gasteiger partial charge in [-0.3, -0.25) is 0 Å². The average Bonchev–Trinajstić information content (AvgIpc) is 2.68. The van der Waals surface area contributed by atoms with Gasteiger partial charge in [-0.25, -0.2) is 0 Å². The fraction of sp³-hybridized carbons (Fsp3) is 0.500. The van der Waals surface area contributed by atoms with Crippen molar-refractivity contribution in [3.05, 3.63) is 34.9 Å². The smallest absolute Gasteiger partial charge is 0.0456 e. The molecule has 1 unspecified atom stereocenters. The van der Waals surface area contributed by atoms with Crippen LogP contribution in [-0.2, 0) is 5.54 Å². The second-order valence-electron chi connectivity index (χ2n) is 3.95. The normalized spacial score (nSPS) is 26.7. The zero-order valence-corrected chi connectivity index (χ0v) is 9.27. The molecule has 1 nitrogen and oxygen atoms in total. The summed E-state index contributed by atoms with van der Waals surface area (Å²) < 4.78 is 0. The zero-order valence-electron chi connectivity index (χ0n) is 8.52. The Morgan fingerprint density at radius 2 is 2.21 bits per heavy atom. The van der Waals surface area contributed by atoms with Crippen molar-refractivity contribution in [2.45, 2.75) is 31.7 Å². The van der Waals surface area contributed by atoms with Crippen LogP contribution in [0, 0.1) is 0 Å². The summed E-state index contributed by atoms with van der Waals surface area (Å²) in [4.78, 5) is 0. The van der Waals surface area contributed by atoms with Gasteiger partial charge in [0.05, 0.1) is 0 Å². The minimum absolute atomic E-state index is 0.137. The van der Waals surface area contributed by atoms with Crippen LogP contribution in [-0.4, -0.2) is 6.54 Å². The third-order valence-corrected chi connectivity index (χ3v) is 3.57. The van der Waals surface area contributed by atoms with Gasteiger partial charge >= 0.3 is 0 Å². The van der Waals surface area contributed by atoms with Crippen molar-refractivity contribution in [1.82, 2.24) is 5.32 Å². The Hall–Kier alpha value is -0.530. The van der Waals surface area contributed by atoms with Gasteiger partial charge in [-0.15, -0.1) is 0 Å².